The van der Waals surface area contributed by atoms with Gasteiger partial charge in [0.25, 0.3) is 0 Å². The van der Waals surface area contributed by atoms with Gasteiger partial charge in [-0.1, -0.05) is 69.4 Å². The monoisotopic (exact) mass is 331 g/mol. The summed E-state index contributed by atoms with van der Waals surface area (Å²) in [6.45, 7) is 12.6. The largest absolute Gasteiger partial charge is 0.450 e. The molecule has 0 aromatic heterocycles. The summed E-state index contributed by atoms with van der Waals surface area (Å²) in [4.78, 5) is 12.0. The third-order valence-electron chi connectivity index (χ3n) is 4.22. The van der Waals surface area contributed by atoms with Crippen LogP contribution in [0.1, 0.15) is 77.3 Å². The summed E-state index contributed by atoms with van der Waals surface area (Å²) in [6.07, 6.45) is 6.74. The quantitative estimate of drug-likeness (QED) is 0.531. The van der Waals surface area contributed by atoms with Gasteiger partial charge in [0.2, 0.25) is 0 Å². The Morgan fingerprint density at radius 3 is 2.50 bits per heavy atom. The Bertz CT molecular complexity index is 534. The zero-order valence-electron chi connectivity index (χ0n) is 15.8. The number of unbranched alkanes of at least 4 members (excludes halogenated alkanes) is 5. The van der Waals surface area contributed by atoms with Gasteiger partial charge >= 0.3 is 6.09 Å². The van der Waals surface area contributed by atoms with E-state index in [1.54, 1.807) is 0 Å². The molecule has 1 rings (SSSR count). The van der Waals surface area contributed by atoms with Gasteiger partial charge in [0.05, 0.1) is 12.1 Å². The first-order chi connectivity index (χ1) is 11.4. The normalized spacial score (nSPS) is 11.2. The topological polar surface area (TPSA) is 38.3 Å². The van der Waals surface area contributed by atoms with Crippen LogP contribution in [0, 0.1) is 0 Å². The van der Waals surface area contributed by atoms with Gasteiger partial charge < -0.3 is 10.1 Å². The van der Waals surface area contributed by atoms with Crippen LogP contribution in [-0.4, -0.2) is 12.7 Å². The van der Waals surface area contributed by atoms with E-state index in [-0.39, 0.29) is 6.09 Å². The Labute approximate surface area is 147 Å². The van der Waals surface area contributed by atoms with E-state index in [1.807, 2.05) is 39.0 Å². The molecule has 0 bridgehead atoms. The summed E-state index contributed by atoms with van der Waals surface area (Å²) in [5.74, 6) is 0. The van der Waals surface area contributed by atoms with Gasteiger partial charge in [0.15, 0.2) is 0 Å². The predicted octanol–water partition coefficient (Wildman–Crippen LogP) is 6.04. The summed E-state index contributed by atoms with van der Waals surface area (Å²) in [6, 6.07) is 8.10. The molecule has 0 spiro atoms. The smallest absolute Gasteiger partial charge is 0.407 e. The average molecular weight is 332 g/mol. The molecule has 1 aromatic rings. The second kappa shape index (κ2) is 10.2. The fourth-order valence-corrected chi connectivity index (χ4v) is 2.58. The number of carbonyl (C=O) groups excluding carboxylic acids is 1. The van der Waals surface area contributed by atoms with Gasteiger partial charge in [-0.3, -0.25) is 0 Å². The van der Waals surface area contributed by atoms with Gasteiger partial charge in [-0.05, 0) is 44.4 Å². The lowest BCUT2D eigenvalue weighted by molar-refractivity contribution is 0.133. The third kappa shape index (κ3) is 7.20. The van der Waals surface area contributed by atoms with Crippen LogP contribution in [0.5, 0.6) is 0 Å². The van der Waals surface area contributed by atoms with Crippen LogP contribution >= 0.6 is 0 Å². The van der Waals surface area contributed by atoms with Crippen molar-refractivity contribution in [1.29, 1.82) is 0 Å². The molecular formula is C21H33NO2. The molecule has 0 atom stereocenters. The highest BCUT2D eigenvalue weighted by Crippen LogP contribution is 2.23. The number of alkyl carbamates (subject to hydrolysis) is 1. The number of hydrogen-bond donors (Lipinski definition) is 1. The van der Waals surface area contributed by atoms with Crippen molar-refractivity contribution in [1.82, 2.24) is 5.32 Å². The number of amides is 1. The van der Waals surface area contributed by atoms with E-state index in [9.17, 15) is 4.79 Å². The minimum Gasteiger partial charge on any atom is -0.450 e. The first kappa shape index (κ1) is 20.3. The Morgan fingerprint density at radius 2 is 1.83 bits per heavy atom. The molecule has 0 fully saturated rings. The minimum atomic E-state index is -0.482. The molecule has 0 aliphatic carbocycles. The molecule has 0 unspecified atom stereocenters. The van der Waals surface area contributed by atoms with Crippen LogP contribution in [0.2, 0.25) is 0 Å². The Hall–Kier alpha value is -1.77. The van der Waals surface area contributed by atoms with Gasteiger partial charge in [-0.2, -0.15) is 0 Å². The van der Waals surface area contributed by atoms with E-state index in [1.165, 1.54) is 25.7 Å². The first-order valence-corrected chi connectivity index (χ1v) is 9.08. The molecule has 3 nitrogen and oxygen atoms in total. The lowest BCUT2D eigenvalue weighted by Crippen LogP contribution is -2.41. The summed E-state index contributed by atoms with van der Waals surface area (Å²) in [5.41, 5.74) is 2.66. The number of hydrogen-bond acceptors (Lipinski definition) is 2. The van der Waals surface area contributed by atoms with Crippen molar-refractivity contribution in [3.05, 3.63) is 42.0 Å². The number of carbonyl (C=O) groups is 1. The van der Waals surface area contributed by atoms with Crippen molar-refractivity contribution >= 4 is 11.7 Å². The highest BCUT2D eigenvalue weighted by molar-refractivity contribution is 5.69. The number of nitrogens with one attached hydrogen (secondary N) is 1. The zero-order chi connectivity index (χ0) is 18.0. The molecule has 0 radical (unpaired) electrons. The zero-order valence-corrected chi connectivity index (χ0v) is 15.8. The second-order valence-corrected chi connectivity index (χ2v) is 7.01. The second-order valence-electron chi connectivity index (χ2n) is 7.01. The van der Waals surface area contributed by atoms with Gasteiger partial charge in [-0.15, -0.1) is 0 Å². The maximum absolute atomic E-state index is 12.0. The molecule has 1 amide bonds. The van der Waals surface area contributed by atoms with Crippen molar-refractivity contribution in [2.24, 2.45) is 0 Å². The Morgan fingerprint density at radius 1 is 1.17 bits per heavy atom. The van der Waals surface area contributed by atoms with Crippen LogP contribution in [0.25, 0.3) is 5.57 Å². The van der Waals surface area contributed by atoms with Crippen LogP contribution in [-0.2, 0) is 10.3 Å². The first-order valence-electron chi connectivity index (χ1n) is 9.08. The maximum Gasteiger partial charge on any atom is 0.407 e. The van der Waals surface area contributed by atoms with Crippen LogP contribution in [0.3, 0.4) is 0 Å². The minimum absolute atomic E-state index is 0.353. The molecule has 1 N–H and O–H groups in total. The van der Waals surface area contributed by atoms with Crippen molar-refractivity contribution in [2.75, 3.05) is 6.61 Å². The lowest BCUT2D eigenvalue weighted by atomic mass is 9.92. The van der Waals surface area contributed by atoms with Crippen LogP contribution in [0.4, 0.5) is 4.79 Å². The van der Waals surface area contributed by atoms with Crippen LogP contribution < -0.4 is 5.32 Å². The average Bonchev–Trinajstić information content (AvgIpc) is 2.53. The third-order valence-corrected chi connectivity index (χ3v) is 4.22. The Balaban J connectivity index is 2.42. The molecule has 0 heterocycles. The molecule has 0 saturated heterocycles. The number of rotatable bonds is 10. The predicted molar refractivity (Wildman–Crippen MR) is 102 cm³/mol. The van der Waals surface area contributed by atoms with Crippen molar-refractivity contribution < 1.29 is 9.53 Å². The molecule has 0 aliphatic heterocycles. The van der Waals surface area contributed by atoms with Crippen molar-refractivity contribution in [2.45, 2.75) is 71.8 Å². The van der Waals surface area contributed by atoms with E-state index < -0.39 is 5.54 Å². The number of ether oxygens (including phenoxy) is 1. The molecule has 0 saturated carbocycles. The van der Waals surface area contributed by atoms with Crippen molar-refractivity contribution in [3.63, 3.8) is 0 Å². The van der Waals surface area contributed by atoms with E-state index >= 15 is 0 Å². The SMILES string of the molecule is C=C(C)c1cccc(C(C)(C)NC(=O)OCCCCCCCC)c1. The summed E-state index contributed by atoms with van der Waals surface area (Å²) in [7, 11) is 0. The lowest BCUT2D eigenvalue weighted by Gasteiger charge is -2.27. The molecule has 0 aliphatic rings. The molecule has 3 heteroatoms. The summed E-state index contributed by atoms with van der Waals surface area (Å²) >= 11 is 0. The molecule has 134 valence electrons. The highest BCUT2D eigenvalue weighted by Gasteiger charge is 2.23. The van der Waals surface area contributed by atoms with E-state index in [2.05, 4.69) is 24.9 Å². The highest BCUT2D eigenvalue weighted by atomic mass is 16.5. The standard InChI is InChI=1S/C21H33NO2/c1-6-7-8-9-10-11-15-24-20(23)22-21(4,5)19-14-12-13-18(16-19)17(2)3/h12-14,16H,2,6-11,15H2,1,3-5H3,(H,22,23). The van der Waals surface area contributed by atoms with Gasteiger partial charge in [0.1, 0.15) is 0 Å². The van der Waals surface area contributed by atoms with Crippen LogP contribution in [0.15, 0.2) is 30.8 Å². The molecule has 24 heavy (non-hydrogen) atoms. The van der Waals surface area contributed by atoms with E-state index in [4.69, 9.17) is 4.74 Å². The summed E-state index contributed by atoms with van der Waals surface area (Å²) < 4.78 is 5.32. The van der Waals surface area contributed by atoms with Crippen molar-refractivity contribution in [3.8, 4) is 0 Å². The van der Waals surface area contributed by atoms with Gasteiger partial charge in [-0.25, -0.2) is 4.79 Å². The Kier molecular flexibility index (Phi) is 8.59. The maximum atomic E-state index is 12.0. The summed E-state index contributed by atoms with van der Waals surface area (Å²) in [5, 5.41) is 2.96. The number of allylic oxidation sites excluding steroid dienone is 1. The van der Waals surface area contributed by atoms with E-state index in [0.717, 1.165) is 29.5 Å². The fourth-order valence-electron chi connectivity index (χ4n) is 2.58. The van der Waals surface area contributed by atoms with E-state index in [0.29, 0.717) is 6.61 Å². The molecular weight excluding hydrogens is 298 g/mol. The molecule has 1 aromatic carbocycles. The number of benzene rings is 1. The van der Waals surface area contributed by atoms with Gasteiger partial charge in [0, 0.05) is 0 Å². The fraction of sp³-hybridized carbons (Fsp3) is 0.571.